The number of halogens is 1. The molecule has 100 valence electrons. The van der Waals surface area contributed by atoms with Crippen LogP contribution in [0, 0.1) is 5.82 Å². The molecule has 0 bridgehead atoms. The van der Waals surface area contributed by atoms with Gasteiger partial charge in [-0.2, -0.15) is 0 Å². The monoisotopic (exact) mass is 261 g/mol. The lowest BCUT2D eigenvalue weighted by molar-refractivity contribution is 0.354. The van der Waals surface area contributed by atoms with Crippen molar-refractivity contribution >= 4 is 0 Å². The molecule has 0 radical (unpaired) electrons. The van der Waals surface area contributed by atoms with Crippen LogP contribution >= 0.6 is 0 Å². The second-order valence-electron chi connectivity index (χ2n) is 4.15. The molecular formula is C15H16FNO2. The van der Waals surface area contributed by atoms with Crippen molar-refractivity contribution < 1.29 is 13.9 Å². The molecule has 2 aromatic carbocycles. The Morgan fingerprint density at radius 1 is 0.947 bits per heavy atom. The van der Waals surface area contributed by atoms with Gasteiger partial charge in [0, 0.05) is 0 Å². The van der Waals surface area contributed by atoms with Crippen LogP contribution in [-0.4, -0.2) is 14.2 Å². The first-order valence-electron chi connectivity index (χ1n) is 5.88. The lowest BCUT2D eigenvalue weighted by Crippen LogP contribution is -2.12. The van der Waals surface area contributed by atoms with E-state index in [0.29, 0.717) is 17.1 Å². The zero-order valence-electron chi connectivity index (χ0n) is 10.9. The third-order valence-corrected chi connectivity index (χ3v) is 2.97. The predicted octanol–water partition coefficient (Wildman–Crippen LogP) is 2.89. The molecule has 0 aliphatic heterocycles. The molecule has 2 rings (SSSR count). The summed E-state index contributed by atoms with van der Waals surface area (Å²) in [5.74, 6) is 0.943. The van der Waals surface area contributed by atoms with Crippen LogP contribution in [0.1, 0.15) is 17.2 Å². The van der Waals surface area contributed by atoms with E-state index in [-0.39, 0.29) is 5.82 Å². The average Bonchev–Trinajstić information content (AvgIpc) is 2.45. The standard InChI is InChI=1S/C15H16FNO2/c1-18-13-7-6-11(9-14(13)19-2)15(17)10-4-3-5-12(16)8-10/h3-9,15H,17H2,1-2H3. The van der Waals surface area contributed by atoms with Crippen LogP contribution in [0.15, 0.2) is 42.5 Å². The molecule has 1 unspecified atom stereocenters. The van der Waals surface area contributed by atoms with Crippen LogP contribution in [0.5, 0.6) is 11.5 Å². The van der Waals surface area contributed by atoms with Crippen molar-refractivity contribution in [3.8, 4) is 11.5 Å². The van der Waals surface area contributed by atoms with Gasteiger partial charge in [0.05, 0.1) is 20.3 Å². The third kappa shape index (κ3) is 2.85. The van der Waals surface area contributed by atoms with E-state index in [1.165, 1.54) is 12.1 Å². The van der Waals surface area contributed by atoms with E-state index < -0.39 is 6.04 Å². The van der Waals surface area contributed by atoms with Crippen molar-refractivity contribution in [1.82, 2.24) is 0 Å². The molecule has 19 heavy (non-hydrogen) atoms. The highest BCUT2D eigenvalue weighted by Gasteiger charge is 2.12. The first-order valence-corrected chi connectivity index (χ1v) is 5.88. The SMILES string of the molecule is COc1ccc(C(N)c2cccc(F)c2)cc1OC. The maximum Gasteiger partial charge on any atom is 0.161 e. The van der Waals surface area contributed by atoms with Crippen molar-refractivity contribution in [2.24, 2.45) is 5.73 Å². The van der Waals surface area contributed by atoms with Gasteiger partial charge in [-0.25, -0.2) is 4.39 Å². The van der Waals surface area contributed by atoms with Crippen LogP contribution in [0.4, 0.5) is 4.39 Å². The molecule has 0 aromatic heterocycles. The van der Waals surface area contributed by atoms with Gasteiger partial charge in [0.2, 0.25) is 0 Å². The summed E-state index contributed by atoms with van der Waals surface area (Å²) < 4.78 is 23.6. The summed E-state index contributed by atoms with van der Waals surface area (Å²) in [6, 6.07) is 11.3. The Bertz CT molecular complexity index is 572. The van der Waals surface area contributed by atoms with Crippen LogP contribution < -0.4 is 15.2 Å². The second kappa shape index (κ2) is 5.71. The molecule has 0 heterocycles. The fourth-order valence-electron chi connectivity index (χ4n) is 1.94. The number of rotatable bonds is 4. The van der Waals surface area contributed by atoms with E-state index in [1.807, 2.05) is 6.07 Å². The Labute approximate surface area is 111 Å². The van der Waals surface area contributed by atoms with Gasteiger partial charge in [-0.3, -0.25) is 0 Å². The quantitative estimate of drug-likeness (QED) is 0.920. The highest BCUT2D eigenvalue weighted by atomic mass is 19.1. The van der Waals surface area contributed by atoms with Gasteiger partial charge in [-0.15, -0.1) is 0 Å². The maximum absolute atomic E-state index is 13.2. The Morgan fingerprint density at radius 3 is 2.26 bits per heavy atom. The minimum atomic E-state index is -0.407. The fraction of sp³-hybridized carbons (Fsp3) is 0.200. The molecule has 1 atom stereocenters. The van der Waals surface area contributed by atoms with E-state index >= 15 is 0 Å². The van der Waals surface area contributed by atoms with Crippen LogP contribution in [-0.2, 0) is 0 Å². The number of ether oxygens (including phenoxy) is 2. The summed E-state index contributed by atoms with van der Waals surface area (Å²) in [6.07, 6.45) is 0. The molecule has 2 aromatic rings. The summed E-state index contributed by atoms with van der Waals surface area (Å²) in [5, 5.41) is 0. The summed E-state index contributed by atoms with van der Waals surface area (Å²) in [5.41, 5.74) is 7.69. The maximum atomic E-state index is 13.2. The van der Waals surface area contributed by atoms with Gasteiger partial charge in [0.15, 0.2) is 11.5 Å². The third-order valence-electron chi connectivity index (χ3n) is 2.97. The molecule has 2 N–H and O–H groups in total. The zero-order valence-corrected chi connectivity index (χ0v) is 10.9. The first kappa shape index (κ1) is 13.4. The lowest BCUT2D eigenvalue weighted by atomic mass is 9.99. The summed E-state index contributed by atoms with van der Waals surface area (Å²) in [7, 11) is 3.14. The summed E-state index contributed by atoms with van der Waals surface area (Å²) >= 11 is 0. The van der Waals surface area contributed by atoms with E-state index in [9.17, 15) is 4.39 Å². The van der Waals surface area contributed by atoms with Gasteiger partial charge in [-0.1, -0.05) is 18.2 Å². The molecule has 0 spiro atoms. The van der Waals surface area contributed by atoms with Gasteiger partial charge in [-0.05, 0) is 35.4 Å². The van der Waals surface area contributed by atoms with Crippen molar-refractivity contribution in [2.45, 2.75) is 6.04 Å². The topological polar surface area (TPSA) is 44.5 Å². The molecule has 4 heteroatoms. The number of hydrogen-bond donors (Lipinski definition) is 1. The molecule has 0 amide bonds. The summed E-state index contributed by atoms with van der Waals surface area (Å²) in [6.45, 7) is 0. The van der Waals surface area contributed by atoms with Crippen molar-refractivity contribution in [2.75, 3.05) is 14.2 Å². The molecule has 0 fully saturated rings. The Balaban J connectivity index is 2.36. The summed E-state index contributed by atoms with van der Waals surface area (Å²) in [4.78, 5) is 0. The van der Waals surface area contributed by atoms with Crippen molar-refractivity contribution in [3.05, 3.63) is 59.4 Å². The first-order chi connectivity index (χ1) is 9.15. The fourth-order valence-corrected chi connectivity index (χ4v) is 1.94. The van der Waals surface area contributed by atoms with Gasteiger partial charge < -0.3 is 15.2 Å². The van der Waals surface area contributed by atoms with E-state index in [2.05, 4.69) is 0 Å². The second-order valence-corrected chi connectivity index (χ2v) is 4.15. The number of hydrogen-bond acceptors (Lipinski definition) is 3. The molecule has 3 nitrogen and oxygen atoms in total. The largest absolute Gasteiger partial charge is 0.493 e. The molecule has 0 aliphatic carbocycles. The lowest BCUT2D eigenvalue weighted by Gasteiger charge is -2.15. The van der Waals surface area contributed by atoms with Crippen molar-refractivity contribution in [3.63, 3.8) is 0 Å². The Morgan fingerprint density at radius 2 is 1.63 bits per heavy atom. The molecule has 0 saturated carbocycles. The Hall–Kier alpha value is -2.07. The predicted molar refractivity (Wildman–Crippen MR) is 72.0 cm³/mol. The Kier molecular flexibility index (Phi) is 4.02. The molecular weight excluding hydrogens is 245 g/mol. The normalized spacial score (nSPS) is 12.0. The highest BCUT2D eigenvalue weighted by Crippen LogP contribution is 2.31. The van der Waals surface area contributed by atoms with Gasteiger partial charge in [0.25, 0.3) is 0 Å². The van der Waals surface area contributed by atoms with E-state index in [1.54, 1.807) is 38.5 Å². The average molecular weight is 261 g/mol. The number of methoxy groups -OCH3 is 2. The molecule has 0 aliphatic rings. The van der Waals surface area contributed by atoms with Crippen LogP contribution in [0.25, 0.3) is 0 Å². The minimum Gasteiger partial charge on any atom is -0.493 e. The smallest absolute Gasteiger partial charge is 0.161 e. The van der Waals surface area contributed by atoms with E-state index in [0.717, 1.165) is 5.56 Å². The zero-order chi connectivity index (χ0) is 13.8. The van der Waals surface area contributed by atoms with E-state index in [4.69, 9.17) is 15.2 Å². The van der Waals surface area contributed by atoms with Gasteiger partial charge >= 0.3 is 0 Å². The number of nitrogens with two attached hydrogens (primary N) is 1. The highest BCUT2D eigenvalue weighted by molar-refractivity contribution is 5.45. The minimum absolute atomic E-state index is 0.298. The molecule has 0 saturated heterocycles. The van der Waals surface area contributed by atoms with Crippen LogP contribution in [0.3, 0.4) is 0 Å². The van der Waals surface area contributed by atoms with Gasteiger partial charge in [0.1, 0.15) is 5.82 Å². The van der Waals surface area contributed by atoms with Crippen LogP contribution in [0.2, 0.25) is 0 Å². The van der Waals surface area contributed by atoms with Crippen molar-refractivity contribution in [1.29, 1.82) is 0 Å². The number of benzene rings is 2.